The molecule has 0 unspecified atom stereocenters. The van der Waals surface area contributed by atoms with Crippen molar-refractivity contribution in [3.63, 3.8) is 0 Å². The summed E-state index contributed by atoms with van der Waals surface area (Å²) in [7, 11) is 0. The van der Waals surface area contributed by atoms with Gasteiger partial charge in [-0.2, -0.15) is 0 Å². The predicted molar refractivity (Wildman–Crippen MR) is 79.0 cm³/mol. The second kappa shape index (κ2) is 7.15. The average Bonchev–Trinajstić information content (AvgIpc) is 2.41. The van der Waals surface area contributed by atoms with Gasteiger partial charge in [0.15, 0.2) is 0 Å². The Morgan fingerprint density at radius 1 is 1.32 bits per heavy atom. The highest BCUT2D eigenvalue weighted by molar-refractivity contribution is 5.81. The maximum absolute atomic E-state index is 12.6. The molecule has 1 amide bonds. The number of hydrogen-bond donors (Lipinski definition) is 2. The number of nitro groups is 1. The minimum absolute atomic E-state index is 0.138. The van der Waals surface area contributed by atoms with E-state index in [0.717, 1.165) is 12.1 Å². The number of benzene rings is 1. The normalized spacial score (nSPS) is 11.4. The molecule has 0 fully saturated rings. The van der Waals surface area contributed by atoms with Gasteiger partial charge in [-0.3, -0.25) is 14.9 Å². The first kappa shape index (κ1) is 17.8. The van der Waals surface area contributed by atoms with Crippen molar-refractivity contribution in [1.29, 1.82) is 0 Å². The van der Waals surface area contributed by atoms with Gasteiger partial charge in [0, 0.05) is 30.1 Å². The zero-order valence-corrected chi connectivity index (χ0v) is 12.7. The lowest BCUT2D eigenvalue weighted by Gasteiger charge is -2.17. The van der Waals surface area contributed by atoms with Crippen LogP contribution in [0.2, 0.25) is 0 Å². The zero-order valence-electron chi connectivity index (χ0n) is 12.7. The molecule has 0 bridgehead atoms. The van der Waals surface area contributed by atoms with E-state index in [-0.39, 0.29) is 24.7 Å². The highest BCUT2D eigenvalue weighted by atomic mass is 19.3. The molecule has 0 spiro atoms. The molecule has 0 aliphatic rings. The summed E-state index contributed by atoms with van der Waals surface area (Å²) >= 11 is 0. The Kier molecular flexibility index (Phi) is 5.78. The number of hydrogen-bond acceptors (Lipinski definition) is 4. The Balaban J connectivity index is 2.66. The molecule has 0 aliphatic carbocycles. The van der Waals surface area contributed by atoms with Crippen LogP contribution in [0.1, 0.15) is 32.8 Å². The summed E-state index contributed by atoms with van der Waals surface area (Å²) in [5.74, 6) is -0.142. The maximum Gasteiger partial charge on any atom is 0.292 e. The standard InChI is InChI=1S/C14H19F2N3O3/c1-14(2,3)13(20)18-7-6-17-10-5-4-9(12(15)16)8-11(10)19(21)22/h4-5,8,12,17H,6-7H2,1-3H3,(H,18,20). The van der Waals surface area contributed by atoms with E-state index in [4.69, 9.17) is 0 Å². The Morgan fingerprint density at radius 2 is 1.95 bits per heavy atom. The van der Waals surface area contributed by atoms with Crippen LogP contribution in [0.15, 0.2) is 18.2 Å². The van der Waals surface area contributed by atoms with Crippen molar-refractivity contribution in [3.05, 3.63) is 33.9 Å². The monoisotopic (exact) mass is 315 g/mol. The fraction of sp³-hybridized carbons (Fsp3) is 0.500. The number of anilines is 1. The van der Waals surface area contributed by atoms with E-state index >= 15 is 0 Å². The van der Waals surface area contributed by atoms with Gasteiger partial charge in [-0.15, -0.1) is 0 Å². The predicted octanol–water partition coefficient (Wildman–Crippen LogP) is 3.11. The molecule has 6 nitrogen and oxygen atoms in total. The molecule has 122 valence electrons. The van der Waals surface area contributed by atoms with Gasteiger partial charge in [-0.05, 0) is 6.07 Å². The Labute approximate surface area is 127 Å². The van der Waals surface area contributed by atoms with Crippen LogP contribution < -0.4 is 10.6 Å². The van der Waals surface area contributed by atoms with Crippen LogP contribution in [0.5, 0.6) is 0 Å². The second-order valence-corrected chi connectivity index (χ2v) is 5.77. The molecule has 1 rings (SSSR count). The molecule has 0 saturated heterocycles. The number of nitrogens with zero attached hydrogens (tertiary/aromatic N) is 1. The van der Waals surface area contributed by atoms with E-state index in [2.05, 4.69) is 10.6 Å². The number of amides is 1. The van der Waals surface area contributed by atoms with Crippen LogP contribution in [0.3, 0.4) is 0 Å². The number of carbonyl (C=O) groups is 1. The summed E-state index contributed by atoms with van der Waals surface area (Å²) in [4.78, 5) is 21.8. The van der Waals surface area contributed by atoms with Crippen molar-refractivity contribution in [2.75, 3.05) is 18.4 Å². The van der Waals surface area contributed by atoms with Crippen LogP contribution >= 0.6 is 0 Å². The molecule has 1 aromatic carbocycles. The largest absolute Gasteiger partial charge is 0.378 e. The summed E-state index contributed by atoms with van der Waals surface area (Å²) in [6, 6.07) is 3.22. The van der Waals surface area contributed by atoms with Crippen molar-refractivity contribution in [2.24, 2.45) is 5.41 Å². The first-order chi connectivity index (χ1) is 10.1. The highest BCUT2D eigenvalue weighted by Gasteiger charge is 2.21. The molecule has 22 heavy (non-hydrogen) atoms. The fourth-order valence-corrected chi connectivity index (χ4v) is 1.62. The van der Waals surface area contributed by atoms with E-state index in [0.29, 0.717) is 0 Å². The molecule has 0 saturated carbocycles. The Morgan fingerprint density at radius 3 is 2.45 bits per heavy atom. The van der Waals surface area contributed by atoms with Crippen molar-refractivity contribution in [1.82, 2.24) is 5.32 Å². The van der Waals surface area contributed by atoms with Crippen molar-refractivity contribution in [2.45, 2.75) is 27.2 Å². The molecule has 0 aromatic heterocycles. The Hall–Kier alpha value is -2.25. The third-order valence-corrected chi connectivity index (χ3v) is 2.88. The van der Waals surface area contributed by atoms with Gasteiger partial charge < -0.3 is 10.6 Å². The zero-order chi connectivity index (χ0) is 16.9. The smallest absolute Gasteiger partial charge is 0.292 e. The summed E-state index contributed by atoms with van der Waals surface area (Å²) in [6.45, 7) is 5.82. The number of rotatable bonds is 6. The molecular weight excluding hydrogens is 296 g/mol. The quantitative estimate of drug-likeness (QED) is 0.480. The lowest BCUT2D eigenvalue weighted by atomic mass is 9.96. The summed E-state index contributed by atoms with van der Waals surface area (Å²) in [5.41, 5.74) is -1.21. The van der Waals surface area contributed by atoms with Gasteiger partial charge in [0.1, 0.15) is 5.69 Å². The topological polar surface area (TPSA) is 84.3 Å². The van der Waals surface area contributed by atoms with Crippen molar-refractivity contribution >= 4 is 17.3 Å². The number of alkyl halides is 2. The first-order valence-electron chi connectivity index (χ1n) is 6.71. The van der Waals surface area contributed by atoms with Gasteiger partial charge in [-0.25, -0.2) is 8.78 Å². The lowest BCUT2D eigenvalue weighted by molar-refractivity contribution is -0.384. The van der Waals surface area contributed by atoms with Crippen molar-refractivity contribution < 1.29 is 18.5 Å². The first-order valence-corrected chi connectivity index (χ1v) is 6.71. The summed E-state index contributed by atoms with van der Waals surface area (Å²) in [6.07, 6.45) is -2.76. The van der Waals surface area contributed by atoms with E-state index in [1.807, 2.05) is 0 Å². The molecule has 8 heteroatoms. The molecule has 0 aliphatic heterocycles. The number of halogens is 2. The van der Waals surface area contributed by atoms with Crippen LogP contribution in [0, 0.1) is 15.5 Å². The molecule has 0 radical (unpaired) electrons. The average molecular weight is 315 g/mol. The van der Waals surface area contributed by atoms with Crippen LogP contribution in [0.25, 0.3) is 0 Å². The third-order valence-electron chi connectivity index (χ3n) is 2.88. The lowest BCUT2D eigenvalue weighted by Crippen LogP contribution is -2.37. The van der Waals surface area contributed by atoms with Crippen LogP contribution in [0.4, 0.5) is 20.2 Å². The molecule has 0 heterocycles. The van der Waals surface area contributed by atoms with Gasteiger partial charge in [0.05, 0.1) is 4.92 Å². The molecule has 1 aromatic rings. The minimum atomic E-state index is -2.76. The number of nitrogens with one attached hydrogen (secondary N) is 2. The van der Waals surface area contributed by atoms with Gasteiger partial charge >= 0.3 is 0 Å². The van der Waals surface area contributed by atoms with Gasteiger partial charge in [-0.1, -0.05) is 26.8 Å². The highest BCUT2D eigenvalue weighted by Crippen LogP contribution is 2.29. The van der Waals surface area contributed by atoms with Gasteiger partial charge in [0.2, 0.25) is 5.91 Å². The van der Waals surface area contributed by atoms with E-state index < -0.39 is 28.0 Å². The second-order valence-electron chi connectivity index (χ2n) is 5.77. The number of nitro benzene ring substituents is 1. The fourth-order valence-electron chi connectivity index (χ4n) is 1.62. The minimum Gasteiger partial charge on any atom is -0.378 e. The van der Waals surface area contributed by atoms with E-state index in [1.54, 1.807) is 20.8 Å². The molecule has 0 atom stereocenters. The Bertz CT molecular complexity index is 557. The molecule has 2 N–H and O–H groups in total. The van der Waals surface area contributed by atoms with Crippen molar-refractivity contribution in [3.8, 4) is 0 Å². The SMILES string of the molecule is CC(C)(C)C(=O)NCCNc1ccc(C(F)F)cc1[N+](=O)[O-]. The number of carbonyl (C=O) groups excluding carboxylic acids is 1. The van der Waals surface area contributed by atoms with E-state index in [1.165, 1.54) is 6.07 Å². The third kappa shape index (κ3) is 4.94. The summed E-state index contributed by atoms with van der Waals surface area (Å²) < 4.78 is 25.1. The molecular formula is C14H19F2N3O3. The van der Waals surface area contributed by atoms with E-state index in [9.17, 15) is 23.7 Å². The van der Waals surface area contributed by atoms with Gasteiger partial charge in [0.25, 0.3) is 12.1 Å². The van der Waals surface area contributed by atoms with Crippen LogP contribution in [-0.4, -0.2) is 23.9 Å². The van der Waals surface area contributed by atoms with Crippen LogP contribution in [-0.2, 0) is 4.79 Å². The summed E-state index contributed by atoms with van der Waals surface area (Å²) in [5, 5.41) is 16.4. The maximum atomic E-state index is 12.6.